The Hall–Kier alpha value is -1.08. The zero-order valence-electron chi connectivity index (χ0n) is 8.68. The lowest BCUT2D eigenvalue weighted by Gasteiger charge is -2.00. The molecule has 2 rings (SSSR count). The second-order valence-corrected chi connectivity index (χ2v) is 4.68. The van der Waals surface area contributed by atoms with Crippen molar-refractivity contribution in [3.05, 3.63) is 10.5 Å². The van der Waals surface area contributed by atoms with Crippen LogP contribution in [-0.2, 0) is 7.05 Å². The maximum atomic E-state index is 5.04. The van der Waals surface area contributed by atoms with Crippen LogP contribution < -0.4 is 0 Å². The van der Waals surface area contributed by atoms with Gasteiger partial charge in [-0.1, -0.05) is 18.3 Å². The Morgan fingerprint density at radius 1 is 1.47 bits per heavy atom. The molecule has 15 heavy (non-hydrogen) atoms. The van der Waals surface area contributed by atoms with Crippen LogP contribution in [0.1, 0.15) is 25.5 Å². The number of hydrogen-bond donors (Lipinski definition) is 1. The first-order valence-electron chi connectivity index (χ1n) is 4.55. The fourth-order valence-electron chi connectivity index (χ4n) is 1.24. The lowest BCUT2D eigenvalue weighted by Crippen LogP contribution is -1.93. The minimum absolute atomic E-state index is 0.336. The van der Waals surface area contributed by atoms with E-state index >= 15 is 0 Å². The highest BCUT2D eigenvalue weighted by atomic mass is 32.1. The fraction of sp³-hybridized carbons (Fsp3) is 0.500. The average molecular weight is 241 g/mol. The van der Waals surface area contributed by atoms with Gasteiger partial charge in [-0.2, -0.15) is 4.98 Å². The Bertz CT molecular complexity index is 521. The summed E-state index contributed by atoms with van der Waals surface area (Å²) in [6.45, 7) is 4.16. The van der Waals surface area contributed by atoms with Gasteiger partial charge in [0.15, 0.2) is 5.82 Å². The highest BCUT2D eigenvalue weighted by molar-refractivity contribution is 7.71. The zero-order chi connectivity index (χ0) is 11.0. The number of aryl methyl sites for hydroxylation is 1. The van der Waals surface area contributed by atoms with Gasteiger partial charge in [-0.3, -0.25) is 9.78 Å². The maximum absolute atomic E-state index is 5.04. The van der Waals surface area contributed by atoms with Gasteiger partial charge in [-0.15, -0.1) is 5.10 Å². The highest BCUT2D eigenvalue weighted by Gasteiger charge is 2.16. The largest absolute Gasteiger partial charge is 0.279 e. The average Bonchev–Trinajstić information content (AvgIpc) is 2.73. The second kappa shape index (κ2) is 3.82. The lowest BCUT2D eigenvalue weighted by atomic mass is 10.1. The van der Waals surface area contributed by atoms with Crippen molar-refractivity contribution in [2.45, 2.75) is 19.8 Å². The van der Waals surface area contributed by atoms with Gasteiger partial charge in [0.25, 0.3) is 0 Å². The minimum Gasteiger partial charge on any atom is -0.279 e. The maximum Gasteiger partial charge on any atom is 0.216 e. The number of nitrogens with one attached hydrogen (secondary N) is 1. The van der Waals surface area contributed by atoms with E-state index < -0.39 is 0 Å². The Morgan fingerprint density at radius 3 is 2.73 bits per heavy atom. The third-order valence-corrected chi connectivity index (χ3v) is 3.16. The molecule has 0 saturated heterocycles. The van der Waals surface area contributed by atoms with Crippen LogP contribution in [0.4, 0.5) is 0 Å². The summed E-state index contributed by atoms with van der Waals surface area (Å²) < 4.78 is 6.19. The summed E-state index contributed by atoms with van der Waals surface area (Å²) in [4.78, 5) is 5.22. The van der Waals surface area contributed by atoms with Gasteiger partial charge in [0, 0.05) is 7.05 Å². The molecule has 2 aromatic heterocycles. The van der Waals surface area contributed by atoms with E-state index in [0.29, 0.717) is 10.7 Å². The van der Waals surface area contributed by atoms with Crippen LogP contribution in [0.2, 0.25) is 0 Å². The molecule has 0 aliphatic carbocycles. The summed E-state index contributed by atoms with van der Waals surface area (Å²) in [6, 6.07) is 0. The molecule has 7 heteroatoms. The quantitative estimate of drug-likeness (QED) is 0.818. The topological polar surface area (TPSA) is 59.4 Å². The van der Waals surface area contributed by atoms with Gasteiger partial charge in [-0.05, 0) is 29.7 Å². The predicted molar refractivity (Wildman–Crippen MR) is 61.4 cm³/mol. The molecule has 0 aliphatic rings. The van der Waals surface area contributed by atoms with Gasteiger partial charge in [-0.25, -0.2) is 0 Å². The van der Waals surface area contributed by atoms with Crippen molar-refractivity contribution in [3.63, 3.8) is 0 Å². The van der Waals surface area contributed by atoms with Crippen molar-refractivity contribution in [1.82, 2.24) is 24.4 Å². The molecule has 0 spiro atoms. The molecule has 0 saturated carbocycles. The second-order valence-electron chi connectivity index (χ2n) is 3.56. The first kappa shape index (κ1) is 10.4. The highest BCUT2D eigenvalue weighted by Crippen LogP contribution is 2.27. The van der Waals surface area contributed by atoms with E-state index in [0.717, 1.165) is 16.4 Å². The summed E-state index contributed by atoms with van der Waals surface area (Å²) in [5.41, 5.74) is 0.962. The Kier molecular flexibility index (Phi) is 2.66. The molecule has 2 aromatic rings. The summed E-state index contributed by atoms with van der Waals surface area (Å²) in [5, 5.41) is 7.17. The molecule has 0 atom stereocenters. The molecule has 2 heterocycles. The van der Waals surface area contributed by atoms with E-state index in [2.05, 4.69) is 33.5 Å². The van der Waals surface area contributed by atoms with Crippen molar-refractivity contribution >= 4 is 23.8 Å². The van der Waals surface area contributed by atoms with E-state index in [-0.39, 0.29) is 0 Å². The first-order valence-corrected chi connectivity index (χ1v) is 5.73. The van der Waals surface area contributed by atoms with Crippen molar-refractivity contribution in [3.8, 4) is 10.7 Å². The van der Waals surface area contributed by atoms with Crippen molar-refractivity contribution in [1.29, 1.82) is 0 Å². The van der Waals surface area contributed by atoms with Crippen molar-refractivity contribution in [2.24, 2.45) is 7.05 Å². The van der Waals surface area contributed by atoms with E-state index in [1.807, 2.05) is 7.05 Å². The van der Waals surface area contributed by atoms with E-state index in [9.17, 15) is 0 Å². The van der Waals surface area contributed by atoms with Crippen LogP contribution in [0, 0.1) is 4.77 Å². The number of nitrogens with zero attached hydrogens (tertiary/aromatic N) is 4. The molecule has 5 nitrogen and oxygen atoms in total. The third kappa shape index (κ3) is 1.84. The predicted octanol–water partition coefficient (Wildman–Crippen LogP) is 2.12. The van der Waals surface area contributed by atoms with E-state index in [4.69, 9.17) is 12.2 Å². The van der Waals surface area contributed by atoms with Crippen LogP contribution in [0.5, 0.6) is 0 Å². The SMILES string of the molecule is CC(C)c1nnsc1-c1nc(=S)n(C)[nH]1. The van der Waals surface area contributed by atoms with Gasteiger partial charge in [0.1, 0.15) is 4.88 Å². The summed E-state index contributed by atoms with van der Waals surface area (Å²) in [5.74, 6) is 1.09. The van der Waals surface area contributed by atoms with Crippen molar-refractivity contribution in [2.75, 3.05) is 0 Å². The van der Waals surface area contributed by atoms with Gasteiger partial charge in [0.2, 0.25) is 4.77 Å². The number of H-pyrrole nitrogens is 1. The van der Waals surface area contributed by atoms with Crippen LogP contribution in [0.25, 0.3) is 10.7 Å². The number of hydrogen-bond acceptors (Lipinski definition) is 5. The standard InChI is InChI=1S/C8H11N5S2/c1-4(2)5-6(15-12-10-5)7-9-8(14)13(3)11-7/h4H,1-3H3,(H,9,11,14). The molecule has 0 unspecified atom stereocenters. The normalized spacial score (nSPS) is 11.2. The lowest BCUT2D eigenvalue weighted by molar-refractivity contribution is 0.755. The molecule has 80 valence electrons. The van der Waals surface area contributed by atoms with Crippen LogP contribution in [0.15, 0.2) is 0 Å². The Labute approximate surface area is 96.3 Å². The van der Waals surface area contributed by atoms with E-state index in [1.165, 1.54) is 11.5 Å². The third-order valence-electron chi connectivity index (χ3n) is 2.04. The fourth-order valence-corrected chi connectivity index (χ4v) is 2.14. The number of aromatic amines is 1. The molecule has 1 N–H and O–H groups in total. The number of aromatic nitrogens is 5. The summed E-state index contributed by atoms with van der Waals surface area (Å²) >= 11 is 6.38. The summed E-state index contributed by atoms with van der Waals surface area (Å²) in [7, 11) is 1.84. The molecule has 0 amide bonds. The molecule has 0 aromatic carbocycles. The smallest absolute Gasteiger partial charge is 0.216 e. The van der Waals surface area contributed by atoms with E-state index in [1.54, 1.807) is 4.68 Å². The van der Waals surface area contributed by atoms with Gasteiger partial charge in [0.05, 0.1) is 5.69 Å². The molecule has 0 radical (unpaired) electrons. The van der Waals surface area contributed by atoms with Crippen LogP contribution in [0.3, 0.4) is 0 Å². The Morgan fingerprint density at radius 2 is 2.20 bits per heavy atom. The van der Waals surface area contributed by atoms with Crippen molar-refractivity contribution < 1.29 is 0 Å². The van der Waals surface area contributed by atoms with Crippen LogP contribution in [-0.4, -0.2) is 24.4 Å². The molecular formula is C8H11N5S2. The van der Waals surface area contributed by atoms with Gasteiger partial charge < -0.3 is 0 Å². The molecule has 0 fully saturated rings. The van der Waals surface area contributed by atoms with Crippen LogP contribution >= 0.6 is 23.8 Å². The minimum atomic E-state index is 0.336. The monoisotopic (exact) mass is 241 g/mol. The first-order chi connectivity index (χ1) is 7.09. The van der Waals surface area contributed by atoms with Gasteiger partial charge >= 0.3 is 0 Å². The molecule has 0 bridgehead atoms. The zero-order valence-corrected chi connectivity index (χ0v) is 10.3. The Balaban J connectivity index is 2.54. The molecule has 0 aliphatic heterocycles. The molecular weight excluding hydrogens is 230 g/mol. The summed E-state index contributed by atoms with van der Waals surface area (Å²) in [6.07, 6.45) is 0. The number of rotatable bonds is 2.